The van der Waals surface area contributed by atoms with Gasteiger partial charge in [0.25, 0.3) is 5.91 Å². The predicted octanol–water partition coefficient (Wildman–Crippen LogP) is 3.59. The maximum absolute atomic E-state index is 12.3. The van der Waals surface area contributed by atoms with Crippen molar-refractivity contribution in [2.24, 2.45) is 0 Å². The Labute approximate surface area is 130 Å². The van der Waals surface area contributed by atoms with Crippen LogP contribution in [0, 0.1) is 0 Å². The number of halogens is 1. The van der Waals surface area contributed by atoms with Crippen molar-refractivity contribution in [1.82, 2.24) is 14.9 Å². The van der Waals surface area contributed by atoms with Crippen LogP contribution in [-0.4, -0.2) is 15.5 Å². The molecule has 0 aliphatic heterocycles. The van der Waals surface area contributed by atoms with Gasteiger partial charge in [-0.25, -0.2) is 4.52 Å². The maximum Gasteiger partial charge on any atom is 0.272 e. The Morgan fingerprint density at radius 1 is 1.24 bits per heavy atom. The molecular formula is C16H14BrN3O. The number of aromatic nitrogens is 2. The molecule has 4 nitrogen and oxygen atoms in total. The molecule has 2 heterocycles. The molecule has 5 heteroatoms. The van der Waals surface area contributed by atoms with Gasteiger partial charge in [0.1, 0.15) is 0 Å². The summed E-state index contributed by atoms with van der Waals surface area (Å²) in [6.45, 7) is 1.96. The minimum Gasteiger partial charge on any atom is -0.344 e. The van der Waals surface area contributed by atoms with E-state index in [4.69, 9.17) is 0 Å². The molecule has 1 N–H and O–H groups in total. The number of fused-ring (bicyclic) bond motifs is 1. The van der Waals surface area contributed by atoms with E-state index >= 15 is 0 Å². The number of hydrogen-bond donors (Lipinski definition) is 1. The van der Waals surface area contributed by atoms with E-state index in [9.17, 15) is 4.79 Å². The van der Waals surface area contributed by atoms with E-state index in [1.165, 1.54) is 0 Å². The molecule has 0 aliphatic rings. The van der Waals surface area contributed by atoms with Gasteiger partial charge in [-0.1, -0.05) is 30.3 Å². The molecule has 2 aromatic heterocycles. The van der Waals surface area contributed by atoms with Crippen LogP contribution in [-0.2, 0) is 0 Å². The lowest BCUT2D eigenvalue weighted by Gasteiger charge is -2.12. The second-order valence-electron chi connectivity index (χ2n) is 4.85. The number of nitrogens with zero attached hydrogens (tertiary/aromatic N) is 2. The van der Waals surface area contributed by atoms with Gasteiger partial charge in [-0.3, -0.25) is 4.79 Å². The van der Waals surface area contributed by atoms with Crippen molar-refractivity contribution < 1.29 is 4.79 Å². The highest BCUT2D eigenvalue weighted by Crippen LogP contribution is 2.15. The van der Waals surface area contributed by atoms with E-state index in [1.54, 1.807) is 10.6 Å². The fourth-order valence-corrected chi connectivity index (χ4v) is 2.49. The Bertz CT molecular complexity index is 783. The largest absolute Gasteiger partial charge is 0.344 e. The van der Waals surface area contributed by atoms with Gasteiger partial charge in [-0.05, 0) is 46.6 Å². The van der Waals surface area contributed by atoms with Crippen LogP contribution in [0.4, 0.5) is 0 Å². The van der Waals surface area contributed by atoms with E-state index in [-0.39, 0.29) is 11.9 Å². The molecule has 0 fully saturated rings. The number of rotatable bonds is 3. The Morgan fingerprint density at radius 3 is 2.76 bits per heavy atom. The van der Waals surface area contributed by atoms with Crippen molar-refractivity contribution in [1.29, 1.82) is 0 Å². The lowest BCUT2D eigenvalue weighted by Crippen LogP contribution is -2.27. The molecule has 3 aromatic rings. The van der Waals surface area contributed by atoms with Crippen molar-refractivity contribution in [2.45, 2.75) is 13.0 Å². The topological polar surface area (TPSA) is 46.4 Å². The van der Waals surface area contributed by atoms with Gasteiger partial charge >= 0.3 is 0 Å². The van der Waals surface area contributed by atoms with Crippen LogP contribution in [0.2, 0.25) is 0 Å². The van der Waals surface area contributed by atoms with Gasteiger partial charge in [-0.2, -0.15) is 5.10 Å². The van der Waals surface area contributed by atoms with Crippen LogP contribution in [0.3, 0.4) is 0 Å². The minimum absolute atomic E-state index is 0.0600. The molecule has 0 aliphatic carbocycles. The zero-order valence-electron chi connectivity index (χ0n) is 11.5. The number of pyridine rings is 1. The Balaban J connectivity index is 1.80. The summed E-state index contributed by atoms with van der Waals surface area (Å²) in [5.41, 5.74) is 2.36. The summed E-state index contributed by atoms with van der Waals surface area (Å²) < 4.78 is 2.61. The van der Waals surface area contributed by atoms with E-state index in [0.717, 1.165) is 15.6 Å². The highest BCUT2D eigenvalue weighted by molar-refractivity contribution is 9.10. The number of amides is 1. The third-order valence-corrected chi connectivity index (χ3v) is 3.77. The van der Waals surface area contributed by atoms with E-state index in [1.807, 2.05) is 55.6 Å². The molecule has 0 saturated carbocycles. The van der Waals surface area contributed by atoms with Gasteiger partial charge in [0.15, 0.2) is 5.69 Å². The first-order valence-corrected chi connectivity index (χ1v) is 7.43. The molecule has 3 rings (SSSR count). The highest BCUT2D eigenvalue weighted by atomic mass is 79.9. The summed E-state index contributed by atoms with van der Waals surface area (Å²) >= 11 is 3.39. The van der Waals surface area contributed by atoms with E-state index < -0.39 is 0 Å². The van der Waals surface area contributed by atoms with Crippen molar-refractivity contribution in [3.8, 4) is 0 Å². The summed E-state index contributed by atoms with van der Waals surface area (Å²) in [7, 11) is 0. The second-order valence-corrected chi connectivity index (χ2v) is 5.77. The quantitative estimate of drug-likeness (QED) is 0.789. The van der Waals surface area contributed by atoms with Crippen molar-refractivity contribution in [3.05, 3.63) is 70.5 Å². The average Bonchev–Trinajstić information content (AvgIpc) is 2.91. The third-order valence-electron chi connectivity index (χ3n) is 3.30. The second kappa shape index (κ2) is 5.69. The van der Waals surface area contributed by atoms with E-state index in [0.29, 0.717) is 5.69 Å². The number of nitrogens with one attached hydrogen (secondary N) is 1. The first kappa shape index (κ1) is 13.8. The molecule has 0 bridgehead atoms. The van der Waals surface area contributed by atoms with Crippen LogP contribution in [0.15, 0.2) is 59.2 Å². The number of carbonyl (C=O) groups excluding carboxylic acids is 1. The Kier molecular flexibility index (Phi) is 3.75. The number of benzene rings is 1. The smallest absolute Gasteiger partial charge is 0.272 e. The molecule has 1 unspecified atom stereocenters. The van der Waals surface area contributed by atoms with Gasteiger partial charge < -0.3 is 5.32 Å². The summed E-state index contributed by atoms with van der Waals surface area (Å²) in [6, 6.07) is 15.4. The molecule has 1 amide bonds. The lowest BCUT2D eigenvalue weighted by molar-refractivity contribution is 0.0934. The SMILES string of the molecule is CC(NC(=O)c1cc2ccc(Br)cn2n1)c1ccccc1. The predicted molar refractivity (Wildman–Crippen MR) is 85.2 cm³/mol. The van der Waals surface area contributed by atoms with E-state index in [2.05, 4.69) is 26.3 Å². The summed E-state index contributed by atoms with van der Waals surface area (Å²) in [5.74, 6) is -0.175. The normalized spacial score (nSPS) is 12.3. The highest BCUT2D eigenvalue weighted by Gasteiger charge is 2.14. The number of hydrogen-bond acceptors (Lipinski definition) is 2. The van der Waals surface area contributed by atoms with Gasteiger partial charge in [0.05, 0.1) is 11.6 Å². The molecule has 0 saturated heterocycles. The molecule has 0 radical (unpaired) electrons. The fourth-order valence-electron chi connectivity index (χ4n) is 2.17. The third kappa shape index (κ3) is 2.97. The van der Waals surface area contributed by atoms with Crippen molar-refractivity contribution in [3.63, 3.8) is 0 Å². The van der Waals surface area contributed by atoms with Crippen LogP contribution < -0.4 is 5.32 Å². The van der Waals surface area contributed by atoms with Gasteiger partial charge in [0.2, 0.25) is 0 Å². The molecule has 21 heavy (non-hydrogen) atoms. The zero-order valence-corrected chi connectivity index (χ0v) is 13.0. The standard InChI is InChI=1S/C16H14BrN3O/c1-11(12-5-3-2-4-6-12)18-16(21)15-9-14-8-7-13(17)10-20(14)19-15/h2-11H,1H3,(H,18,21). The molecule has 1 atom stereocenters. The number of carbonyl (C=O) groups is 1. The van der Waals surface area contributed by atoms with Gasteiger partial charge in [0, 0.05) is 10.7 Å². The Hall–Kier alpha value is -2.14. The molecule has 0 spiro atoms. The molecule has 1 aromatic carbocycles. The van der Waals surface area contributed by atoms with Crippen LogP contribution in [0.25, 0.3) is 5.52 Å². The first-order chi connectivity index (χ1) is 10.1. The van der Waals surface area contributed by atoms with Crippen LogP contribution in [0.5, 0.6) is 0 Å². The summed E-state index contributed by atoms with van der Waals surface area (Å²) in [4.78, 5) is 12.3. The van der Waals surface area contributed by atoms with Crippen molar-refractivity contribution in [2.75, 3.05) is 0 Å². The summed E-state index contributed by atoms with van der Waals surface area (Å²) in [5, 5.41) is 7.26. The molecular weight excluding hydrogens is 330 g/mol. The minimum atomic E-state index is -0.175. The summed E-state index contributed by atoms with van der Waals surface area (Å²) in [6.07, 6.45) is 1.83. The first-order valence-electron chi connectivity index (χ1n) is 6.64. The Morgan fingerprint density at radius 2 is 2.00 bits per heavy atom. The monoisotopic (exact) mass is 343 g/mol. The van der Waals surface area contributed by atoms with Crippen LogP contribution >= 0.6 is 15.9 Å². The van der Waals surface area contributed by atoms with Crippen LogP contribution in [0.1, 0.15) is 29.0 Å². The fraction of sp³-hybridized carbons (Fsp3) is 0.125. The molecule has 106 valence electrons. The average molecular weight is 344 g/mol. The van der Waals surface area contributed by atoms with Crippen molar-refractivity contribution >= 4 is 27.4 Å². The van der Waals surface area contributed by atoms with Gasteiger partial charge in [-0.15, -0.1) is 0 Å². The maximum atomic E-state index is 12.3. The zero-order chi connectivity index (χ0) is 14.8. The lowest BCUT2D eigenvalue weighted by atomic mass is 10.1.